The van der Waals surface area contributed by atoms with Gasteiger partial charge in [0.2, 0.25) is 0 Å². The number of para-hydroxylation sites is 1. The van der Waals surface area contributed by atoms with Crippen molar-refractivity contribution in [2.24, 2.45) is 0 Å². The van der Waals surface area contributed by atoms with Crippen LogP contribution in [0.1, 0.15) is 23.1 Å². The summed E-state index contributed by atoms with van der Waals surface area (Å²) in [5.41, 5.74) is 3.23. The van der Waals surface area contributed by atoms with E-state index < -0.39 is 12.1 Å². The lowest BCUT2D eigenvalue weighted by atomic mass is 9.90. The van der Waals surface area contributed by atoms with Crippen LogP contribution in [0.25, 0.3) is 5.57 Å². The smallest absolute Gasteiger partial charge is 0.471 e. The Hall–Kier alpha value is -3.20. The fourth-order valence-corrected chi connectivity index (χ4v) is 2.80. The Morgan fingerprint density at radius 3 is 2.67 bits per heavy atom. The molecule has 3 rings (SSSR count). The van der Waals surface area contributed by atoms with Crippen molar-refractivity contribution in [1.29, 1.82) is 0 Å². The van der Waals surface area contributed by atoms with Gasteiger partial charge in [-0.3, -0.25) is 4.79 Å². The monoisotopic (exact) mass is 371 g/mol. The van der Waals surface area contributed by atoms with Gasteiger partial charge in [0.05, 0.1) is 12.8 Å². The molecule has 1 amide bonds. The molecule has 2 aromatic carbocycles. The van der Waals surface area contributed by atoms with E-state index in [-0.39, 0.29) is 5.69 Å². The lowest BCUT2D eigenvalue weighted by Crippen LogP contribution is -2.30. The van der Waals surface area contributed by atoms with Crippen LogP contribution < -0.4 is 10.1 Å². The summed E-state index contributed by atoms with van der Waals surface area (Å²) in [4.78, 5) is 11.2. The molecule has 0 radical (unpaired) electrons. The van der Waals surface area contributed by atoms with Gasteiger partial charge in [0.1, 0.15) is 5.75 Å². The molecule has 3 nitrogen and oxygen atoms in total. The highest BCUT2D eigenvalue weighted by molar-refractivity contribution is 5.96. The van der Waals surface area contributed by atoms with Crippen molar-refractivity contribution in [3.63, 3.8) is 0 Å². The Labute approximate surface area is 154 Å². The zero-order valence-corrected chi connectivity index (χ0v) is 14.5. The number of amides is 1. The van der Waals surface area contributed by atoms with E-state index in [0.29, 0.717) is 5.56 Å². The SMILES string of the molecule is COc1ccc2c(c1)CCC=C2C#Cc1ccccc1NC(=O)C(F)(F)F. The number of hydrogen-bond donors (Lipinski definition) is 1. The number of carbonyl (C=O) groups excluding carboxylic acids is 1. The van der Waals surface area contributed by atoms with Gasteiger partial charge in [0.25, 0.3) is 0 Å². The molecule has 0 bridgehead atoms. The summed E-state index contributed by atoms with van der Waals surface area (Å²) < 4.78 is 42.7. The minimum atomic E-state index is -4.95. The molecule has 0 fully saturated rings. The molecule has 138 valence electrons. The Kier molecular flexibility index (Phi) is 5.22. The average Bonchev–Trinajstić information content (AvgIpc) is 2.66. The van der Waals surface area contributed by atoms with E-state index in [9.17, 15) is 18.0 Å². The van der Waals surface area contributed by atoms with E-state index in [1.807, 2.05) is 29.6 Å². The number of aryl methyl sites for hydroxylation is 1. The second kappa shape index (κ2) is 7.58. The molecule has 0 aromatic heterocycles. The van der Waals surface area contributed by atoms with E-state index in [2.05, 4.69) is 11.8 Å². The van der Waals surface area contributed by atoms with Gasteiger partial charge in [-0.25, -0.2) is 0 Å². The van der Waals surface area contributed by atoms with Gasteiger partial charge in [-0.2, -0.15) is 13.2 Å². The molecule has 1 N–H and O–H groups in total. The normalized spacial score (nSPS) is 13.0. The lowest BCUT2D eigenvalue weighted by Gasteiger charge is -2.15. The van der Waals surface area contributed by atoms with E-state index in [0.717, 1.165) is 35.3 Å². The van der Waals surface area contributed by atoms with Crippen molar-refractivity contribution in [2.75, 3.05) is 12.4 Å². The quantitative estimate of drug-likeness (QED) is 0.785. The van der Waals surface area contributed by atoms with Crippen molar-refractivity contribution < 1.29 is 22.7 Å². The van der Waals surface area contributed by atoms with Crippen LogP contribution in [0.2, 0.25) is 0 Å². The summed E-state index contributed by atoms with van der Waals surface area (Å²) >= 11 is 0. The number of ether oxygens (including phenoxy) is 1. The molecule has 0 unspecified atom stereocenters. The number of benzene rings is 2. The molecule has 0 atom stereocenters. The summed E-state index contributed by atoms with van der Waals surface area (Å²) in [6, 6.07) is 11.9. The maximum atomic E-state index is 12.5. The first kappa shape index (κ1) is 18.6. The van der Waals surface area contributed by atoms with Crippen LogP contribution in [0.5, 0.6) is 5.75 Å². The fraction of sp³-hybridized carbons (Fsp3) is 0.190. The third-order valence-electron chi connectivity index (χ3n) is 4.13. The number of halogens is 3. The van der Waals surface area contributed by atoms with Crippen LogP contribution in [-0.4, -0.2) is 19.2 Å². The zero-order valence-electron chi connectivity index (χ0n) is 14.5. The molecule has 0 saturated heterocycles. The Bertz CT molecular complexity index is 965. The van der Waals surface area contributed by atoms with Crippen molar-refractivity contribution in [3.8, 4) is 17.6 Å². The summed E-state index contributed by atoms with van der Waals surface area (Å²) in [6.07, 6.45) is -1.27. The number of anilines is 1. The van der Waals surface area contributed by atoms with Crippen LogP contribution >= 0.6 is 0 Å². The first-order valence-electron chi connectivity index (χ1n) is 8.25. The third kappa shape index (κ3) is 4.32. The number of rotatable bonds is 2. The molecule has 0 spiro atoms. The van der Waals surface area contributed by atoms with Gasteiger partial charge >= 0.3 is 12.1 Å². The predicted octanol–water partition coefficient (Wildman–Crippen LogP) is 4.58. The molecule has 0 aliphatic heterocycles. The first-order chi connectivity index (χ1) is 12.9. The molecule has 2 aromatic rings. The molecule has 27 heavy (non-hydrogen) atoms. The molecular formula is C21H16F3NO2. The number of methoxy groups -OCH3 is 1. The number of fused-ring (bicyclic) bond motifs is 1. The van der Waals surface area contributed by atoms with E-state index >= 15 is 0 Å². The van der Waals surface area contributed by atoms with Gasteiger partial charge in [-0.05, 0) is 54.3 Å². The standard InChI is InChI=1S/C21H16F3NO2/c1-27-17-11-12-18-14(6-4-7-16(18)13-17)9-10-15-5-2-3-8-19(15)25-20(26)21(22,23)24/h2-3,5-6,8,11-13H,4,7H2,1H3,(H,25,26). The highest BCUT2D eigenvalue weighted by Gasteiger charge is 2.38. The van der Waals surface area contributed by atoms with Crippen molar-refractivity contribution in [2.45, 2.75) is 19.0 Å². The molecule has 1 aliphatic rings. The van der Waals surface area contributed by atoms with E-state index in [1.54, 1.807) is 25.3 Å². The second-order valence-corrected chi connectivity index (χ2v) is 5.93. The molecule has 0 saturated carbocycles. The van der Waals surface area contributed by atoms with Gasteiger partial charge in [0.15, 0.2) is 0 Å². The van der Waals surface area contributed by atoms with Crippen molar-refractivity contribution in [3.05, 3.63) is 65.2 Å². The Morgan fingerprint density at radius 2 is 1.93 bits per heavy atom. The minimum Gasteiger partial charge on any atom is -0.497 e. The summed E-state index contributed by atoms with van der Waals surface area (Å²) in [5, 5.41) is 1.87. The van der Waals surface area contributed by atoms with Gasteiger partial charge in [-0.15, -0.1) is 0 Å². The molecule has 1 aliphatic carbocycles. The predicted molar refractivity (Wildman–Crippen MR) is 97.3 cm³/mol. The van der Waals surface area contributed by atoms with Crippen LogP contribution in [0.15, 0.2) is 48.5 Å². The highest BCUT2D eigenvalue weighted by Crippen LogP contribution is 2.29. The maximum Gasteiger partial charge on any atom is 0.471 e. The van der Waals surface area contributed by atoms with E-state index in [4.69, 9.17) is 4.74 Å². The Balaban J connectivity index is 1.90. The minimum absolute atomic E-state index is 0.0266. The summed E-state index contributed by atoms with van der Waals surface area (Å²) in [5.74, 6) is 4.64. The fourth-order valence-electron chi connectivity index (χ4n) is 2.80. The maximum absolute atomic E-state index is 12.5. The molecule has 6 heteroatoms. The van der Waals surface area contributed by atoms with Gasteiger partial charge in [-0.1, -0.05) is 30.0 Å². The number of hydrogen-bond acceptors (Lipinski definition) is 2. The molecular weight excluding hydrogens is 355 g/mol. The zero-order chi connectivity index (χ0) is 19.4. The van der Waals surface area contributed by atoms with Crippen molar-refractivity contribution in [1.82, 2.24) is 0 Å². The third-order valence-corrected chi connectivity index (χ3v) is 4.13. The molecule has 0 heterocycles. The lowest BCUT2D eigenvalue weighted by molar-refractivity contribution is -0.167. The highest BCUT2D eigenvalue weighted by atomic mass is 19.4. The first-order valence-corrected chi connectivity index (χ1v) is 8.25. The van der Waals surface area contributed by atoms with Crippen LogP contribution in [-0.2, 0) is 11.2 Å². The van der Waals surface area contributed by atoms with Crippen LogP contribution in [0, 0.1) is 11.8 Å². The largest absolute Gasteiger partial charge is 0.497 e. The number of nitrogens with one attached hydrogen (secondary N) is 1. The number of carbonyl (C=O) groups is 1. The van der Waals surface area contributed by atoms with Gasteiger partial charge < -0.3 is 10.1 Å². The topological polar surface area (TPSA) is 38.3 Å². The second-order valence-electron chi connectivity index (χ2n) is 5.93. The number of allylic oxidation sites excluding steroid dienone is 2. The van der Waals surface area contributed by atoms with E-state index in [1.165, 1.54) is 6.07 Å². The number of alkyl halides is 3. The Morgan fingerprint density at radius 1 is 1.15 bits per heavy atom. The summed E-state index contributed by atoms with van der Waals surface area (Å²) in [7, 11) is 1.60. The summed E-state index contributed by atoms with van der Waals surface area (Å²) in [6.45, 7) is 0. The van der Waals surface area contributed by atoms with Crippen molar-refractivity contribution >= 4 is 17.2 Å². The average molecular weight is 371 g/mol. The van der Waals surface area contributed by atoms with Gasteiger partial charge in [0, 0.05) is 11.1 Å². The van der Waals surface area contributed by atoms with Crippen LogP contribution in [0.3, 0.4) is 0 Å². The van der Waals surface area contributed by atoms with Crippen LogP contribution in [0.4, 0.5) is 18.9 Å².